The highest BCUT2D eigenvalue weighted by Crippen LogP contribution is 2.44. The van der Waals surface area contributed by atoms with Crippen molar-refractivity contribution in [2.45, 2.75) is 5.92 Å². The first-order valence-electron chi connectivity index (χ1n) is 9.66. The van der Waals surface area contributed by atoms with Crippen molar-refractivity contribution in [1.82, 2.24) is 4.57 Å². The second-order valence-corrected chi connectivity index (χ2v) is 8.13. The molecule has 150 valence electrons. The molecule has 0 saturated carbocycles. The molecule has 5 rings (SSSR count). The molecule has 0 amide bonds. The molecule has 6 heteroatoms. The Hall–Kier alpha value is -3.82. The number of rotatable bonds is 2. The molecule has 0 fully saturated rings. The molecule has 2 N–H and O–H groups in total. The molecule has 0 spiro atoms. The molecule has 1 aromatic heterocycles. The molecule has 1 aliphatic rings. The standard InChI is InChI=1S/C25H16BrN3O2/c26-16-8-6-7-15(13-16)21-19(14-27)24(28)31-23-18-11-4-5-12-20(18)29(25(30)22(21)23)17-9-2-1-3-10-17/h1-13,21H,28H2. The molecule has 31 heavy (non-hydrogen) atoms. The number of ether oxygens (including phenoxy) is 1. The van der Waals surface area contributed by atoms with Crippen LogP contribution >= 0.6 is 15.9 Å². The smallest absolute Gasteiger partial charge is 0.263 e. The highest BCUT2D eigenvalue weighted by molar-refractivity contribution is 9.10. The van der Waals surface area contributed by atoms with Crippen molar-refractivity contribution in [1.29, 1.82) is 5.26 Å². The zero-order valence-corrected chi connectivity index (χ0v) is 17.8. The molecule has 3 aromatic carbocycles. The van der Waals surface area contributed by atoms with E-state index in [0.717, 1.165) is 21.1 Å². The number of allylic oxidation sites excluding steroid dienone is 1. The van der Waals surface area contributed by atoms with E-state index in [4.69, 9.17) is 10.5 Å². The Bertz CT molecular complexity index is 1470. The zero-order valence-electron chi connectivity index (χ0n) is 16.2. The predicted octanol–water partition coefficient (Wildman–Crippen LogP) is 4.97. The molecular weight excluding hydrogens is 454 g/mol. The largest absolute Gasteiger partial charge is 0.439 e. The minimum atomic E-state index is -0.640. The average molecular weight is 470 g/mol. The van der Waals surface area contributed by atoms with E-state index in [1.165, 1.54) is 0 Å². The Morgan fingerprint density at radius 3 is 2.48 bits per heavy atom. The molecule has 1 unspecified atom stereocenters. The van der Waals surface area contributed by atoms with E-state index >= 15 is 0 Å². The molecular formula is C25H16BrN3O2. The summed E-state index contributed by atoms with van der Waals surface area (Å²) < 4.78 is 8.42. The van der Waals surface area contributed by atoms with Crippen LogP contribution in [0.25, 0.3) is 16.6 Å². The van der Waals surface area contributed by atoms with Crippen LogP contribution in [0.4, 0.5) is 0 Å². The van der Waals surface area contributed by atoms with Gasteiger partial charge in [-0.05, 0) is 42.0 Å². The van der Waals surface area contributed by atoms with Crippen molar-refractivity contribution in [2.75, 3.05) is 0 Å². The molecule has 4 aromatic rings. The van der Waals surface area contributed by atoms with Gasteiger partial charge in [-0.25, -0.2) is 0 Å². The average Bonchev–Trinajstić information content (AvgIpc) is 2.79. The van der Waals surface area contributed by atoms with Gasteiger partial charge in [-0.3, -0.25) is 9.36 Å². The summed E-state index contributed by atoms with van der Waals surface area (Å²) in [6.45, 7) is 0. The van der Waals surface area contributed by atoms with Gasteiger partial charge < -0.3 is 10.5 Å². The molecule has 1 atom stereocenters. The van der Waals surface area contributed by atoms with Gasteiger partial charge in [0, 0.05) is 15.5 Å². The van der Waals surface area contributed by atoms with Crippen LogP contribution in [0.1, 0.15) is 17.0 Å². The van der Waals surface area contributed by atoms with Crippen LogP contribution in [0.15, 0.2) is 99.6 Å². The number of para-hydroxylation sites is 2. The van der Waals surface area contributed by atoms with Crippen LogP contribution in [-0.2, 0) is 0 Å². The molecule has 0 bridgehead atoms. The van der Waals surface area contributed by atoms with Crippen molar-refractivity contribution in [3.63, 3.8) is 0 Å². The first kappa shape index (κ1) is 19.2. The highest BCUT2D eigenvalue weighted by atomic mass is 79.9. The van der Waals surface area contributed by atoms with Crippen molar-refractivity contribution < 1.29 is 4.74 Å². The number of nitrogens with zero attached hydrogens (tertiary/aromatic N) is 2. The Morgan fingerprint density at radius 1 is 1.00 bits per heavy atom. The van der Waals surface area contributed by atoms with Gasteiger partial charge in [-0.1, -0.05) is 58.4 Å². The third-order valence-electron chi connectivity index (χ3n) is 5.44. The Morgan fingerprint density at radius 2 is 1.74 bits per heavy atom. The lowest BCUT2D eigenvalue weighted by Crippen LogP contribution is -2.31. The van der Waals surface area contributed by atoms with Gasteiger partial charge in [0.1, 0.15) is 17.4 Å². The van der Waals surface area contributed by atoms with E-state index in [0.29, 0.717) is 16.8 Å². The molecule has 0 aliphatic carbocycles. The summed E-state index contributed by atoms with van der Waals surface area (Å²) in [5.41, 5.74) is 8.77. The van der Waals surface area contributed by atoms with Crippen LogP contribution < -0.4 is 16.0 Å². The fourth-order valence-electron chi connectivity index (χ4n) is 4.12. The Balaban J connectivity index is 1.94. The van der Waals surface area contributed by atoms with E-state index in [9.17, 15) is 10.1 Å². The van der Waals surface area contributed by atoms with Crippen molar-refractivity contribution in [2.24, 2.45) is 5.73 Å². The summed E-state index contributed by atoms with van der Waals surface area (Å²) in [7, 11) is 0. The van der Waals surface area contributed by atoms with Crippen LogP contribution in [0.2, 0.25) is 0 Å². The monoisotopic (exact) mass is 469 g/mol. The lowest BCUT2D eigenvalue weighted by molar-refractivity contribution is 0.396. The maximum Gasteiger partial charge on any atom is 0.263 e. The number of nitrogens with two attached hydrogens (primary N) is 1. The quantitative estimate of drug-likeness (QED) is 0.449. The maximum atomic E-state index is 14.0. The normalized spacial score (nSPS) is 15.3. The molecule has 0 radical (unpaired) electrons. The second-order valence-electron chi connectivity index (χ2n) is 7.22. The lowest BCUT2D eigenvalue weighted by atomic mass is 9.83. The topological polar surface area (TPSA) is 81.0 Å². The highest BCUT2D eigenvalue weighted by Gasteiger charge is 2.35. The van der Waals surface area contributed by atoms with Gasteiger partial charge in [-0.15, -0.1) is 0 Å². The van der Waals surface area contributed by atoms with E-state index < -0.39 is 5.92 Å². The number of hydrogen-bond acceptors (Lipinski definition) is 4. The summed E-state index contributed by atoms with van der Waals surface area (Å²) in [4.78, 5) is 14.0. The van der Waals surface area contributed by atoms with Gasteiger partial charge in [0.25, 0.3) is 5.56 Å². The summed E-state index contributed by atoms with van der Waals surface area (Å²) in [6, 6.07) is 26.7. The Labute approximate surface area is 186 Å². The lowest BCUT2D eigenvalue weighted by Gasteiger charge is -2.28. The zero-order chi connectivity index (χ0) is 21.5. The van der Waals surface area contributed by atoms with Gasteiger partial charge in [0.2, 0.25) is 5.88 Å². The molecule has 0 saturated heterocycles. The minimum Gasteiger partial charge on any atom is -0.439 e. The van der Waals surface area contributed by atoms with Crippen LogP contribution in [0, 0.1) is 11.3 Å². The van der Waals surface area contributed by atoms with Crippen molar-refractivity contribution in [3.8, 4) is 17.5 Å². The molecule has 2 heterocycles. The third-order valence-corrected chi connectivity index (χ3v) is 5.93. The van der Waals surface area contributed by atoms with E-state index in [2.05, 4.69) is 22.0 Å². The van der Waals surface area contributed by atoms with Gasteiger partial charge >= 0.3 is 0 Å². The van der Waals surface area contributed by atoms with Crippen molar-refractivity contribution in [3.05, 3.63) is 116 Å². The second kappa shape index (κ2) is 7.46. The van der Waals surface area contributed by atoms with E-state index in [1.807, 2.05) is 78.9 Å². The van der Waals surface area contributed by atoms with Gasteiger partial charge in [0.05, 0.1) is 17.0 Å². The molecule has 1 aliphatic heterocycles. The first-order valence-corrected chi connectivity index (χ1v) is 10.5. The Kier molecular flexibility index (Phi) is 4.61. The van der Waals surface area contributed by atoms with Gasteiger partial charge in [0.15, 0.2) is 0 Å². The SMILES string of the molecule is N#CC1=C(N)Oc2c(c(=O)n(-c3ccccc3)c3ccccc23)C1c1cccc(Br)c1. The maximum absolute atomic E-state index is 14.0. The van der Waals surface area contributed by atoms with E-state index in [-0.39, 0.29) is 17.0 Å². The van der Waals surface area contributed by atoms with Crippen LogP contribution in [-0.4, -0.2) is 4.57 Å². The predicted molar refractivity (Wildman–Crippen MR) is 123 cm³/mol. The van der Waals surface area contributed by atoms with Crippen molar-refractivity contribution >= 4 is 26.8 Å². The summed E-state index contributed by atoms with van der Waals surface area (Å²) in [5, 5.41) is 10.6. The first-order chi connectivity index (χ1) is 15.1. The van der Waals surface area contributed by atoms with Crippen LogP contribution in [0.3, 0.4) is 0 Å². The summed E-state index contributed by atoms with van der Waals surface area (Å²) in [5.74, 6) is -0.227. The fraction of sp³-hybridized carbons (Fsp3) is 0.0400. The number of pyridine rings is 1. The third kappa shape index (κ3) is 3.02. The summed E-state index contributed by atoms with van der Waals surface area (Å²) >= 11 is 3.49. The van der Waals surface area contributed by atoms with E-state index in [1.54, 1.807) is 4.57 Å². The fourth-order valence-corrected chi connectivity index (χ4v) is 4.54. The molecule has 5 nitrogen and oxygen atoms in total. The van der Waals surface area contributed by atoms with Crippen LogP contribution in [0.5, 0.6) is 5.75 Å². The number of nitriles is 1. The number of hydrogen-bond donors (Lipinski definition) is 1. The summed E-state index contributed by atoms with van der Waals surface area (Å²) in [6.07, 6.45) is 0. The van der Waals surface area contributed by atoms with Gasteiger partial charge in [-0.2, -0.15) is 5.26 Å². The number of aromatic nitrogens is 1. The number of fused-ring (bicyclic) bond motifs is 3. The number of halogens is 1. The minimum absolute atomic E-state index is 0.0157. The number of benzene rings is 3.